The molecule has 2 rings (SSSR count). The van der Waals surface area contributed by atoms with Crippen molar-refractivity contribution in [3.05, 3.63) is 42.5 Å². The van der Waals surface area contributed by atoms with Crippen LogP contribution in [0.5, 0.6) is 5.75 Å². The normalized spacial score (nSPS) is 11.1. The number of nitrogens with two attached hydrogens (primary N) is 1. The first-order valence-corrected chi connectivity index (χ1v) is 8.78. The third-order valence-electron chi connectivity index (χ3n) is 2.83. The average Bonchev–Trinajstić information content (AvgIpc) is 2.47. The van der Waals surface area contributed by atoms with Gasteiger partial charge in [-0.1, -0.05) is 12.1 Å². The van der Waals surface area contributed by atoms with Gasteiger partial charge in [-0.2, -0.15) is 0 Å². The molecule has 0 heterocycles. The van der Waals surface area contributed by atoms with Crippen molar-refractivity contribution >= 4 is 33.2 Å². The Morgan fingerprint density at radius 3 is 2.57 bits per heavy atom. The zero-order valence-corrected chi connectivity index (χ0v) is 13.3. The Morgan fingerprint density at radius 1 is 1.19 bits per heavy atom. The van der Waals surface area contributed by atoms with E-state index in [0.717, 1.165) is 4.90 Å². The molecule has 0 unspecified atom stereocenters. The van der Waals surface area contributed by atoms with Crippen LogP contribution in [-0.4, -0.2) is 21.8 Å². The molecule has 0 spiro atoms. The molecule has 2 aromatic rings. The number of rotatable bonds is 5. The first-order chi connectivity index (χ1) is 9.97. The first kappa shape index (κ1) is 15.5. The predicted octanol–water partition coefficient (Wildman–Crippen LogP) is 2.80. The van der Waals surface area contributed by atoms with Gasteiger partial charge in [0.15, 0.2) is 0 Å². The van der Waals surface area contributed by atoms with Crippen LogP contribution in [0.3, 0.4) is 0 Å². The van der Waals surface area contributed by atoms with Gasteiger partial charge in [-0.15, -0.1) is 11.8 Å². The second kappa shape index (κ2) is 6.28. The highest BCUT2D eigenvalue weighted by atomic mass is 32.2. The van der Waals surface area contributed by atoms with Gasteiger partial charge in [0.2, 0.25) is 0 Å². The molecular weight excluding hydrogens is 308 g/mol. The highest BCUT2D eigenvalue weighted by Gasteiger charge is 2.20. The number of nitrogen functional groups attached to an aromatic ring is 1. The molecule has 5 nitrogen and oxygen atoms in total. The van der Waals surface area contributed by atoms with Crippen LogP contribution in [0.25, 0.3) is 0 Å². The summed E-state index contributed by atoms with van der Waals surface area (Å²) in [6.07, 6.45) is 1.89. The molecule has 0 atom stereocenters. The number of hydrogen-bond acceptors (Lipinski definition) is 5. The van der Waals surface area contributed by atoms with Gasteiger partial charge >= 0.3 is 0 Å². The van der Waals surface area contributed by atoms with Crippen molar-refractivity contribution in [1.29, 1.82) is 0 Å². The Kier molecular flexibility index (Phi) is 4.64. The highest BCUT2D eigenvalue weighted by Crippen LogP contribution is 2.31. The van der Waals surface area contributed by atoms with E-state index < -0.39 is 10.0 Å². The van der Waals surface area contributed by atoms with Crippen molar-refractivity contribution in [3.63, 3.8) is 0 Å². The summed E-state index contributed by atoms with van der Waals surface area (Å²) in [5.41, 5.74) is 6.62. The Balaban J connectivity index is 2.43. The molecule has 0 fully saturated rings. The van der Waals surface area contributed by atoms with Crippen molar-refractivity contribution in [2.75, 3.05) is 23.8 Å². The van der Waals surface area contributed by atoms with Gasteiger partial charge in [0, 0.05) is 16.6 Å². The molecule has 0 aliphatic heterocycles. The molecular formula is C14H16N2O3S2. The van der Waals surface area contributed by atoms with E-state index in [9.17, 15) is 8.42 Å². The maximum atomic E-state index is 12.5. The maximum absolute atomic E-state index is 12.5. The second-order valence-electron chi connectivity index (χ2n) is 4.22. The summed E-state index contributed by atoms with van der Waals surface area (Å²) in [5.74, 6) is 0.212. The van der Waals surface area contributed by atoms with E-state index in [1.165, 1.54) is 37.1 Å². The number of benzene rings is 2. The van der Waals surface area contributed by atoms with Crippen molar-refractivity contribution in [3.8, 4) is 5.75 Å². The molecule has 0 saturated carbocycles. The molecule has 21 heavy (non-hydrogen) atoms. The van der Waals surface area contributed by atoms with Crippen LogP contribution in [0.4, 0.5) is 11.4 Å². The summed E-state index contributed by atoms with van der Waals surface area (Å²) in [4.78, 5) is 0.894. The number of thioether (sulfide) groups is 1. The summed E-state index contributed by atoms with van der Waals surface area (Å²) in [6, 6.07) is 11.6. The summed E-state index contributed by atoms with van der Waals surface area (Å²) in [7, 11) is -2.34. The number of para-hydroxylation sites is 1. The lowest BCUT2D eigenvalue weighted by Crippen LogP contribution is -2.14. The van der Waals surface area contributed by atoms with Crippen molar-refractivity contribution < 1.29 is 13.2 Å². The van der Waals surface area contributed by atoms with Gasteiger partial charge in [-0.05, 0) is 30.5 Å². The number of nitrogens with one attached hydrogen (secondary N) is 1. The lowest BCUT2D eigenvalue weighted by molar-refractivity contribution is 0.403. The standard InChI is InChI=1S/C14H16N2O3S2/c1-19-12-9-10(15)7-8-14(12)21(17,18)16-11-5-3-4-6-13(11)20-2/h3-9,16H,15H2,1-2H3. The molecule has 0 aliphatic rings. The van der Waals surface area contributed by atoms with E-state index >= 15 is 0 Å². The fourth-order valence-electron chi connectivity index (χ4n) is 1.83. The van der Waals surface area contributed by atoms with E-state index in [1.54, 1.807) is 12.1 Å². The Bertz CT molecular complexity index is 746. The van der Waals surface area contributed by atoms with Crippen LogP contribution in [0, 0.1) is 0 Å². The SMILES string of the molecule is COc1cc(N)ccc1S(=O)(=O)Nc1ccccc1SC. The molecule has 0 radical (unpaired) electrons. The summed E-state index contributed by atoms with van der Waals surface area (Å²) in [6.45, 7) is 0. The number of sulfonamides is 1. The molecule has 112 valence electrons. The molecule has 0 saturated heterocycles. The molecule has 0 aliphatic carbocycles. The highest BCUT2D eigenvalue weighted by molar-refractivity contribution is 7.99. The lowest BCUT2D eigenvalue weighted by atomic mass is 10.3. The Labute approximate surface area is 128 Å². The van der Waals surface area contributed by atoms with Crippen molar-refractivity contribution in [1.82, 2.24) is 0 Å². The fraction of sp³-hybridized carbons (Fsp3) is 0.143. The van der Waals surface area contributed by atoms with E-state index in [0.29, 0.717) is 11.4 Å². The van der Waals surface area contributed by atoms with Gasteiger partial charge in [0.25, 0.3) is 10.0 Å². The first-order valence-electron chi connectivity index (χ1n) is 6.07. The number of ether oxygens (including phenoxy) is 1. The van der Waals surface area contributed by atoms with Gasteiger partial charge in [0.05, 0.1) is 12.8 Å². The van der Waals surface area contributed by atoms with E-state index in [2.05, 4.69) is 4.72 Å². The van der Waals surface area contributed by atoms with Crippen LogP contribution in [0.1, 0.15) is 0 Å². The Hall–Kier alpha value is -1.86. The summed E-state index contributed by atoms with van der Waals surface area (Å²) in [5, 5.41) is 0. The van der Waals surface area contributed by atoms with E-state index in [4.69, 9.17) is 10.5 Å². The quantitative estimate of drug-likeness (QED) is 0.653. The smallest absolute Gasteiger partial charge is 0.265 e. The third kappa shape index (κ3) is 3.43. The average molecular weight is 324 g/mol. The fourth-order valence-corrected chi connectivity index (χ4v) is 3.68. The molecule has 2 aromatic carbocycles. The van der Waals surface area contributed by atoms with Gasteiger partial charge in [0.1, 0.15) is 10.6 Å². The van der Waals surface area contributed by atoms with Gasteiger partial charge < -0.3 is 10.5 Å². The van der Waals surface area contributed by atoms with Crippen molar-refractivity contribution in [2.45, 2.75) is 9.79 Å². The minimum atomic E-state index is -3.75. The molecule has 0 amide bonds. The van der Waals surface area contributed by atoms with Gasteiger partial charge in [-0.25, -0.2) is 8.42 Å². The zero-order valence-electron chi connectivity index (χ0n) is 11.7. The topological polar surface area (TPSA) is 81.4 Å². The predicted molar refractivity (Wildman–Crippen MR) is 86.4 cm³/mol. The van der Waals surface area contributed by atoms with E-state index in [1.807, 2.05) is 18.4 Å². The van der Waals surface area contributed by atoms with E-state index in [-0.39, 0.29) is 10.6 Å². The number of hydrogen-bond donors (Lipinski definition) is 2. The van der Waals surface area contributed by atoms with Crippen molar-refractivity contribution in [2.24, 2.45) is 0 Å². The van der Waals surface area contributed by atoms with Crippen LogP contribution >= 0.6 is 11.8 Å². The largest absolute Gasteiger partial charge is 0.495 e. The van der Waals surface area contributed by atoms with Crippen LogP contribution in [-0.2, 0) is 10.0 Å². The molecule has 7 heteroatoms. The number of methoxy groups -OCH3 is 1. The Morgan fingerprint density at radius 2 is 1.90 bits per heavy atom. The summed E-state index contributed by atoms with van der Waals surface area (Å²) < 4.78 is 32.7. The molecule has 0 bridgehead atoms. The zero-order chi connectivity index (χ0) is 15.5. The lowest BCUT2D eigenvalue weighted by Gasteiger charge is -2.13. The van der Waals surface area contributed by atoms with Crippen LogP contribution in [0.15, 0.2) is 52.3 Å². The maximum Gasteiger partial charge on any atom is 0.265 e. The van der Waals surface area contributed by atoms with Crippen LogP contribution in [0.2, 0.25) is 0 Å². The minimum absolute atomic E-state index is 0.0510. The minimum Gasteiger partial charge on any atom is -0.495 e. The number of anilines is 2. The van der Waals surface area contributed by atoms with Crippen LogP contribution < -0.4 is 15.2 Å². The molecule has 0 aromatic heterocycles. The summed E-state index contributed by atoms with van der Waals surface area (Å²) >= 11 is 1.47. The van der Waals surface area contributed by atoms with Gasteiger partial charge in [-0.3, -0.25) is 4.72 Å². The molecule has 3 N–H and O–H groups in total. The second-order valence-corrected chi connectivity index (χ2v) is 6.71. The third-order valence-corrected chi connectivity index (χ3v) is 5.03. The monoisotopic (exact) mass is 324 g/mol.